The van der Waals surface area contributed by atoms with E-state index >= 15 is 0 Å². The number of hydrogen-bond acceptors (Lipinski definition) is 3. The molecule has 2 rings (SSSR count). The fourth-order valence-corrected chi connectivity index (χ4v) is 2.23. The maximum Gasteiger partial charge on any atom is 0.319 e. The van der Waals surface area contributed by atoms with Crippen molar-refractivity contribution in [2.45, 2.75) is 13.0 Å². The van der Waals surface area contributed by atoms with Gasteiger partial charge >= 0.3 is 12.0 Å². The average molecular weight is 304 g/mol. The zero-order chi connectivity index (χ0) is 16.1. The molecule has 2 atom stereocenters. The van der Waals surface area contributed by atoms with Crippen LogP contribution in [0.2, 0.25) is 0 Å². The highest BCUT2D eigenvalue weighted by Gasteiger charge is 2.38. The summed E-state index contributed by atoms with van der Waals surface area (Å²) < 4.78 is 18.2. The summed E-state index contributed by atoms with van der Waals surface area (Å²) in [6.45, 7) is 5.68. The van der Waals surface area contributed by atoms with Gasteiger partial charge in [-0.15, -0.1) is 0 Å². The molecule has 5 nitrogen and oxygen atoms in total. The lowest BCUT2D eigenvalue weighted by molar-refractivity contribution is -0.147. The van der Waals surface area contributed by atoms with Crippen LogP contribution in [-0.2, 0) is 9.53 Å². The summed E-state index contributed by atoms with van der Waals surface area (Å²) in [4.78, 5) is 23.9. The molecule has 0 aliphatic carbocycles. The van der Waals surface area contributed by atoms with Crippen LogP contribution in [0.3, 0.4) is 0 Å². The van der Waals surface area contributed by atoms with E-state index in [1.54, 1.807) is 12.2 Å². The topological polar surface area (TPSA) is 67.4 Å². The molecule has 1 fully saturated rings. The molecule has 0 aromatic heterocycles. The third kappa shape index (κ3) is 3.52. The highest BCUT2D eigenvalue weighted by atomic mass is 19.1. The number of esters is 1. The molecule has 0 bridgehead atoms. The minimum Gasteiger partial charge on any atom is -0.461 e. The highest BCUT2D eigenvalue weighted by Crippen LogP contribution is 2.30. The van der Waals surface area contributed by atoms with Crippen LogP contribution < -0.4 is 10.6 Å². The number of benzene rings is 1. The van der Waals surface area contributed by atoms with Gasteiger partial charge in [0.1, 0.15) is 18.3 Å². The molecule has 1 aromatic rings. The van der Waals surface area contributed by atoms with E-state index in [0.717, 1.165) is 0 Å². The molecule has 2 N–H and O–H groups in total. The molecule has 2 amide bonds. The number of halogens is 1. The van der Waals surface area contributed by atoms with E-state index in [1.807, 2.05) is 6.92 Å². The van der Waals surface area contributed by atoms with Crippen LogP contribution in [0.1, 0.15) is 18.5 Å². The van der Waals surface area contributed by atoms with Crippen LogP contribution in [0.15, 0.2) is 48.7 Å². The number of allylic oxidation sites excluding steroid dienone is 1. The van der Waals surface area contributed by atoms with E-state index < -0.39 is 29.8 Å². The molecule has 6 heteroatoms. The van der Waals surface area contributed by atoms with E-state index in [9.17, 15) is 14.0 Å². The molecule has 1 aliphatic rings. The van der Waals surface area contributed by atoms with Gasteiger partial charge in [-0.3, -0.25) is 4.79 Å². The molecule has 0 saturated carbocycles. The van der Waals surface area contributed by atoms with Gasteiger partial charge in [0.2, 0.25) is 0 Å². The van der Waals surface area contributed by atoms with E-state index in [1.165, 1.54) is 24.3 Å². The zero-order valence-electron chi connectivity index (χ0n) is 12.1. The number of nitrogens with one attached hydrogen (secondary N) is 2. The second-order valence-electron chi connectivity index (χ2n) is 4.83. The zero-order valence-corrected chi connectivity index (χ0v) is 12.1. The maximum absolute atomic E-state index is 13.1. The number of carbonyl (C=O) groups excluding carboxylic acids is 2. The lowest BCUT2D eigenvalue weighted by atomic mass is 9.89. The van der Waals surface area contributed by atoms with Gasteiger partial charge in [-0.25, -0.2) is 9.18 Å². The van der Waals surface area contributed by atoms with Crippen molar-refractivity contribution in [1.82, 2.24) is 10.6 Å². The number of carbonyl (C=O) groups is 2. The van der Waals surface area contributed by atoms with Gasteiger partial charge in [-0.05, 0) is 24.6 Å². The van der Waals surface area contributed by atoms with E-state index in [-0.39, 0.29) is 12.3 Å². The smallest absolute Gasteiger partial charge is 0.319 e. The number of hydrogen-bond donors (Lipinski definition) is 2. The standard InChI is InChI=1S/C16H17FN2O3/c1-3-4-9-22-15(20)13-10(2)18-16(21)19-14(13)11-5-7-12(17)8-6-11/h3-8,13-14H,2,9H2,1H3,(H2,18,19,21)/b4-3-/t13-,14-/m1/s1. The summed E-state index contributed by atoms with van der Waals surface area (Å²) in [5, 5.41) is 5.13. The Bertz CT molecular complexity index is 610. The largest absolute Gasteiger partial charge is 0.461 e. The summed E-state index contributed by atoms with van der Waals surface area (Å²) in [6.07, 6.45) is 3.46. The lowest BCUT2D eigenvalue weighted by Crippen LogP contribution is -2.51. The molecule has 0 spiro atoms. The van der Waals surface area contributed by atoms with E-state index in [4.69, 9.17) is 4.74 Å². The predicted octanol–water partition coefficient (Wildman–Crippen LogP) is 2.43. The molecule has 22 heavy (non-hydrogen) atoms. The Kier molecular flexibility index (Phi) is 4.93. The van der Waals surface area contributed by atoms with Crippen molar-refractivity contribution in [2.24, 2.45) is 5.92 Å². The molecular weight excluding hydrogens is 287 g/mol. The molecule has 1 heterocycles. The van der Waals surface area contributed by atoms with Gasteiger partial charge in [0.15, 0.2) is 0 Å². The molecule has 0 unspecified atom stereocenters. The number of rotatable bonds is 4. The molecule has 1 saturated heterocycles. The lowest BCUT2D eigenvalue weighted by Gasteiger charge is -2.33. The Hall–Kier alpha value is -2.63. The second kappa shape index (κ2) is 6.89. The first-order chi connectivity index (χ1) is 10.5. The predicted molar refractivity (Wildman–Crippen MR) is 79.2 cm³/mol. The monoisotopic (exact) mass is 304 g/mol. The quantitative estimate of drug-likeness (QED) is 0.663. The molecular formula is C16H17FN2O3. The minimum atomic E-state index is -0.784. The number of amides is 2. The van der Waals surface area contributed by atoms with Gasteiger partial charge in [-0.1, -0.05) is 30.9 Å². The first-order valence-electron chi connectivity index (χ1n) is 6.82. The number of ether oxygens (including phenoxy) is 1. The van der Waals surface area contributed by atoms with Crippen molar-refractivity contribution >= 4 is 12.0 Å². The summed E-state index contributed by atoms with van der Waals surface area (Å²) in [7, 11) is 0. The van der Waals surface area contributed by atoms with E-state index in [2.05, 4.69) is 17.2 Å². The van der Waals surface area contributed by atoms with Crippen LogP contribution >= 0.6 is 0 Å². The summed E-state index contributed by atoms with van der Waals surface area (Å²) in [6, 6.07) is 4.47. The third-order valence-electron chi connectivity index (χ3n) is 3.31. The van der Waals surface area contributed by atoms with Gasteiger partial charge in [0.25, 0.3) is 0 Å². The maximum atomic E-state index is 13.1. The second-order valence-corrected chi connectivity index (χ2v) is 4.83. The van der Waals surface area contributed by atoms with Crippen molar-refractivity contribution < 1.29 is 18.7 Å². The van der Waals surface area contributed by atoms with Crippen LogP contribution in [0.25, 0.3) is 0 Å². The van der Waals surface area contributed by atoms with Crippen molar-refractivity contribution in [2.75, 3.05) is 6.61 Å². The summed E-state index contributed by atoms with van der Waals surface area (Å²) in [5.41, 5.74) is 0.855. The summed E-state index contributed by atoms with van der Waals surface area (Å²) in [5.74, 6) is -1.69. The normalized spacial score (nSPS) is 21.4. The van der Waals surface area contributed by atoms with Crippen molar-refractivity contribution in [1.29, 1.82) is 0 Å². The fraction of sp³-hybridized carbons (Fsp3) is 0.250. The highest BCUT2D eigenvalue weighted by molar-refractivity contribution is 5.85. The van der Waals surface area contributed by atoms with Crippen LogP contribution in [0.5, 0.6) is 0 Å². The molecule has 1 aliphatic heterocycles. The van der Waals surface area contributed by atoms with Crippen LogP contribution in [0, 0.1) is 11.7 Å². The van der Waals surface area contributed by atoms with Crippen molar-refractivity contribution in [3.05, 3.63) is 60.1 Å². The summed E-state index contributed by atoms with van der Waals surface area (Å²) >= 11 is 0. The van der Waals surface area contributed by atoms with Gasteiger partial charge < -0.3 is 15.4 Å². The Morgan fingerprint density at radius 1 is 1.41 bits per heavy atom. The molecule has 0 radical (unpaired) electrons. The molecule has 116 valence electrons. The fourth-order valence-electron chi connectivity index (χ4n) is 2.23. The van der Waals surface area contributed by atoms with Gasteiger partial charge in [0, 0.05) is 5.70 Å². The molecule has 1 aromatic carbocycles. The van der Waals surface area contributed by atoms with E-state index in [0.29, 0.717) is 5.56 Å². The van der Waals surface area contributed by atoms with Gasteiger partial charge in [-0.2, -0.15) is 0 Å². The Morgan fingerprint density at radius 3 is 2.73 bits per heavy atom. The average Bonchev–Trinajstić information content (AvgIpc) is 2.47. The first-order valence-corrected chi connectivity index (χ1v) is 6.82. The Labute approximate surface area is 127 Å². The van der Waals surface area contributed by atoms with Gasteiger partial charge in [0.05, 0.1) is 6.04 Å². The Morgan fingerprint density at radius 2 is 2.09 bits per heavy atom. The third-order valence-corrected chi connectivity index (χ3v) is 3.31. The SMILES string of the molecule is C=C1NC(=O)N[C@H](c2ccc(F)cc2)[C@@H]1C(=O)OC/C=C\C. The van der Waals surface area contributed by atoms with Crippen LogP contribution in [-0.4, -0.2) is 18.6 Å². The van der Waals surface area contributed by atoms with Crippen molar-refractivity contribution in [3.63, 3.8) is 0 Å². The minimum absolute atomic E-state index is 0.142. The number of urea groups is 1. The first kappa shape index (κ1) is 15.8. The van der Waals surface area contributed by atoms with Crippen molar-refractivity contribution in [3.8, 4) is 0 Å². The van der Waals surface area contributed by atoms with Crippen LogP contribution in [0.4, 0.5) is 9.18 Å². The Balaban J connectivity index is 2.25.